The summed E-state index contributed by atoms with van der Waals surface area (Å²) in [6.45, 7) is 2.51. The van der Waals surface area contributed by atoms with E-state index in [1.165, 1.54) is 0 Å². The first-order valence-electron chi connectivity index (χ1n) is 7.46. The lowest BCUT2D eigenvalue weighted by Gasteiger charge is -2.19. The summed E-state index contributed by atoms with van der Waals surface area (Å²) in [6.07, 6.45) is 4.28. The van der Waals surface area contributed by atoms with E-state index in [1.54, 1.807) is 12.4 Å². The smallest absolute Gasteiger partial charge is 0.315 e. The number of nitrogens with one attached hydrogen (secondary N) is 2. The number of benzene rings is 1. The minimum atomic E-state index is -0.186. The number of carbonyl (C=O) groups excluding carboxylic acids is 1. The minimum absolute atomic E-state index is 0.0273. The fraction of sp³-hybridized carbons (Fsp3) is 0.294. The van der Waals surface area contributed by atoms with Crippen molar-refractivity contribution in [2.75, 3.05) is 6.61 Å². The van der Waals surface area contributed by atoms with Crippen LogP contribution in [0.4, 0.5) is 4.79 Å². The second-order valence-corrected chi connectivity index (χ2v) is 5.26. The molecule has 2 heterocycles. The summed E-state index contributed by atoms with van der Waals surface area (Å²) in [7, 11) is 0. The zero-order valence-corrected chi connectivity index (χ0v) is 12.5. The summed E-state index contributed by atoms with van der Waals surface area (Å²) in [5, 5.41) is 5.99. The Morgan fingerprint density at radius 2 is 2.09 bits per heavy atom. The van der Waals surface area contributed by atoms with Crippen molar-refractivity contribution in [3.63, 3.8) is 0 Å². The van der Waals surface area contributed by atoms with Crippen LogP contribution in [-0.2, 0) is 0 Å². The van der Waals surface area contributed by atoms with Gasteiger partial charge in [0.05, 0.1) is 12.1 Å². The van der Waals surface area contributed by atoms with Crippen molar-refractivity contribution in [1.82, 2.24) is 15.6 Å². The molecule has 0 saturated carbocycles. The van der Waals surface area contributed by atoms with Gasteiger partial charge in [-0.15, -0.1) is 0 Å². The van der Waals surface area contributed by atoms with E-state index in [9.17, 15) is 4.79 Å². The van der Waals surface area contributed by atoms with Gasteiger partial charge in [-0.25, -0.2) is 4.79 Å². The van der Waals surface area contributed by atoms with Crippen LogP contribution in [0.5, 0.6) is 5.75 Å². The number of ether oxygens (including phenoxy) is 1. The maximum atomic E-state index is 12.3. The van der Waals surface area contributed by atoms with Crippen molar-refractivity contribution in [3.05, 3.63) is 59.9 Å². The summed E-state index contributed by atoms with van der Waals surface area (Å²) in [5.74, 6) is 0.842. The standard InChI is InChI=1S/C17H19N3O2/c1-2-14(12-7-9-18-10-8-12)19-17(21)20-15-11-22-16-6-4-3-5-13(15)16/h3-10,14-15H,2,11H2,1H3,(H2,19,20,21)/t14-,15+/m1/s1. The number of amides is 2. The van der Waals surface area contributed by atoms with Gasteiger partial charge in [0.1, 0.15) is 12.4 Å². The quantitative estimate of drug-likeness (QED) is 0.912. The highest BCUT2D eigenvalue weighted by Gasteiger charge is 2.25. The van der Waals surface area contributed by atoms with Gasteiger partial charge >= 0.3 is 6.03 Å². The third-order valence-electron chi connectivity index (χ3n) is 3.83. The van der Waals surface area contributed by atoms with Crippen LogP contribution in [0.1, 0.15) is 36.6 Å². The number of carbonyl (C=O) groups is 1. The Morgan fingerprint density at radius 1 is 1.32 bits per heavy atom. The molecule has 2 aromatic rings. The molecule has 1 aliphatic rings. The van der Waals surface area contributed by atoms with Crippen molar-refractivity contribution in [3.8, 4) is 5.75 Å². The highest BCUT2D eigenvalue weighted by molar-refractivity contribution is 5.75. The predicted molar refractivity (Wildman–Crippen MR) is 83.6 cm³/mol. The normalized spacial score (nSPS) is 17.2. The molecule has 1 aromatic heterocycles. The van der Waals surface area contributed by atoms with Crippen molar-refractivity contribution in [2.45, 2.75) is 25.4 Å². The fourth-order valence-corrected chi connectivity index (χ4v) is 2.66. The molecule has 0 spiro atoms. The number of hydrogen-bond donors (Lipinski definition) is 2. The van der Waals surface area contributed by atoms with Crippen LogP contribution in [0.3, 0.4) is 0 Å². The van der Waals surface area contributed by atoms with Crippen molar-refractivity contribution < 1.29 is 9.53 Å². The highest BCUT2D eigenvalue weighted by atomic mass is 16.5. The summed E-state index contributed by atoms with van der Waals surface area (Å²) >= 11 is 0. The van der Waals surface area contributed by atoms with E-state index >= 15 is 0 Å². The van der Waals surface area contributed by atoms with E-state index in [4.69, 9.17) is 4.74 Å². The summed E-state index contributed by atoms with van der Waals surface area (Å²) in [4.78, 5) is 16.3. The number of rotatable bonds is 4. The number of urea groups is 1. The molecule has 2 atom stereocenters. The summed E-state index contributed by atoms with van der Waals surface area (Å²) in [6, 6.07) is 11.3. The van der Waals surface area contributed by atoms with E-state index in [1.807, 2.05) is 43.3 Å². The van der Waals surface area contributed by atoms with E-state index < -0.39 is 0 Å². The van der Waals surface area contributed by atoms with Gasteiger partial charge in [0.2, 0.25) is 0 Å². The lowest BCUT2D eigenvalue weighted by molar-refractivity contribution is 0.228. The Bertz CT molecular complexity index is 639. The molecule has 114 valence electrons. The molecule has 1 aliphatic heterocycles. The van der Waals surface area contributed by atoms with Gasteiger partial charge in [-0.1, -0.05) is 25.1 Å². The van der Waals surface area contributed by atoms with Gasteiger partial charge in [-0.05, 0) is 30.2 Å². The number of nitrogens with zero attached hydrogens (tertiary/aromatic N) is 1. The van der Waals surface area contributed by atoms with Crippen molar-refractivity contribution >= 4 is 6.03 Å². The number of pyridine rings is 1. The topological polar surface area (TPSA) is 63.2 Å². The second kappa shape index (κ2) is 6.47. The van der Waals surface area contributed by atoms with Crippen molar-refractivity contribution in [2.24, 2.45) is 0 Å². The molecule has 2 N–H and O–H groups in total. The van der Waals surface area contributed by atoms with E-state index in [0.29, 0.717) is 6.61 Å². The summed E-state index contributed by atoms with van der Waals surface area (Å²) in [5.41, 5.74) is 2.07. The van der Waals surface area contributed by atoms with Gasteiger partial charge in [0, 0.05) is 18.0 Å². The van der Waals surface area contributed by atoms with Gasteiger partial charge in [-0.2, -0.15) is 0 Å². The number of aromatic nitrogens is 1. The van der Waals surface area contributed by atoms with E-state index in [-0.39, 0.29) is 18.1 Å². The Balaban J connectivity index is 1.63. The SMILES string of the molecule is CC[C@@H](NC(=O)N[C@H]1COc2ccccc21)c1ccncc1. The van der Waals surface area contributed by atoms with Crippen LogP contribution in [-0.4, -0.2) is 17.6 Å². The maximum absolute atomic E-state index is 12.3. The van der Waals surface area contributed by atoms with Gasteiger partial charge in [-0.3, -0.25) is 4.98 Å². The second-order valence-electron chi connectivity index (χ2n) is 5.26. The lowest BCUT2D eigenvalue weighted by Crippen LogP contribution is -2.40. The Hall–Kier alpha value is -2.56. The molecule has 0 aliphatic carbocycles. The van der Waals surface area contributed by atoms with Gasteiger partial charge < -0.3 is 15.4 Å². The molecule has 0 saturated heterocycles. The predicted octanol–water partition coefficient (Wildman–Crippen LogP) is 2.97. The molecule has 0 bridgehead atoms. The molecule has 0 radical (unpaired) electrons. The number of fused-ring (bicyclic) bond motifs is 1. The first-order valence-corrected chi connectivity index (χ1v) is 7.46. The largest absolute Gasteiger partial charge is 0.491 e. The van der Waals surface area contributed by atoms with Crippen LogP contribution in [0, 0.1) is 0 Å². The van der Waals surface area contributed by atoms with E-state index in [2.05, 4.69) is 15.6 Å². The Morgan fingerprint density at radius 3 is 2.86 bits per heavy atom. The van der Waals surface area contributed by atoms with Crippen LogP contribution in [0.25, 0.3) is 0 Å². The third-order valence-corrected chi connectivity index (χ3v) is 3.83. The molecule has 5 heteroatoms. The molecule has 5 nitrogen and oxygen atoms in total. The minimum Gasteiger partial charge on any atom is -0.491 e. The number of hydrogen-bond acceptors (Lipinski definition) is 3. The van der Waals surface area contributed by atoms with Crippen LogP contribution in [0.2, 0.25) is 0 Å². The van der Waals surface area contributed by atoms with Gasteiger partial charge in [0.15, 0.2) is 0 Å². The number of para-hydroxylation sites is 1. The molecule has 0 fully saturated rings. The first-order chi connectivity index (χ1) is 10.8. The van der Waals surface area contributed by atoms with Crippen LogP contribution < -0.4 is 15.4 Å². The zero-order chi connectivity index (χ0) is 15.4. The van der Waals surface area contributed by atoms with E-state index in [0.717, 1.165) is 23.3 Å². The molecular formula is C17H19N3O2. The van der Waals surface area contributed by atoms with Crippen molar-refractivity contribution in [1.29, 1.82) is 0 Å². The fourth-order valence-electron chi connectivity index (χ4n) is 2.66. The summed E-state index contributed by atoms with van der Waals surface area (Å²) < 4.78 is 5.58. The lowest BCUT2D eigenvalue weighted by atomic mass is 10.1. The van der Waals surface area contributed by atoms with Crippen LogP contribution in [0.15, 0.2) is 48.8 Å². The zero-order valence-electron chi connectivity index (χ0n) is 12.5. The maximum Gasteiger partial charge on any atom is 0.315 e. The molecule has 2 amide bonds. The Kier molecular flexibility index (Phi) is 4.23. The third kappa shape index (κ3) is 3.03. The molecule has 1 aromatic carbocycles. The Labute approximate surface area is 129 Å². The van der Waals surface area contributed by atoms with Gasteiger partial charge in [0.25, 0.3) is 0 Å². The average molecular weight is 297 g/mol. The monoisotopic (exact) mass is 297 g/mol. The van der Waals surface area contributed by atoms with Crippen LogP contribution >= 0.6 is 0 Å². The average Bonchev–Trinajstić information content (AvgIpc) is 2.96. The molecule has 22 heavy (non-hydrogen) atoms. The molecule has 3 rings (SSSR count). The highest BCUT2D eigenvalue weighted by Crippen LogP contribution is 2.31. The molecule has 0 unspecified atom stereocenters. The first kappa shape index (κ1) is 14.4. The molecular weight excluding hydrogens is 278 g/mol.